The molecule has 1 aliphatic heterocycles. The second kappa shape index (κ2) is 5.81. The summed E-state index contributed by atoms with van der Waals surface area (Å²) in [6.45, 7) is -0.106. The summed E-state index contributed by atoms with van der Waals surface area (Å²) in [5, 5.41) is 20.4. The molecule has 0 aliphatic carbocycles. The molecule has 0 spiro atoms. The number of aliphatic hydroxyl groups is 1. The molecule has 0 saturated carbocycles. The number of benzene rings is 1. The molecular weight excluding hydrogens is 250 g/mol. The third-order valence-corrected chi connectivity index (χ3v) is 2.96. The quantitative estimate of drug-likeness (QED) is 0.746. The lowest BCUT2D eigenvalue weighted by Crippen LogP contribution is -2.29. The summed E-state index contributed by atoms with van der Waals surface area (Å²) < 4.78 is 5.15. The van der Waals surface area contributed by atoms with Crippen LogP contribution in [-0.2, 0) is 20.9 Å². The highest BCUT2D eigenvalue weighted by molar-refractivity contribution is 5.94. The summed E-state index contributed by atoms with van der Waals surface area (Å²) in [5.74, 6) is -1.41. The molecule has 1 amide bonds. The Bertz CT molecular complexity index is 488. The van der Waals surface area contributed by atoms with Gasteiger partial charge in [0.15, 0.2) is 6.10 Å². The van der Waals surface area contributed by atoms with E-state index in [1.54, 1.807) is 24.3 Å². The largest absolute Gasteiger partial charge is 0.479 e. The minimum atomic E-state index is -1.04. The van der Waals surface area contributed by atoms with Crippen molar-refractivity contribution in [3.8, 4) is 0 Å². The molecule has 19 heavy (non-hydrogen) atoms. The summed E-state index contributed by atoms with van der Waals surface area (Å²) in [5.41, 5.74) is 1.24. The van der Waals surface area contributed by atoms with Crippen molar-refractivity contribution in [3.05, 3.63) is 29.8 Å². The Labute approximate surface area is 110 Å². The van der Waals surface area contributed by atoms with Crippen LogP contribution in [0, 0.1) is 0 Å². The van der Waals surface area contributed by atoms with Gasteiger partial charge in [-0.05, 0) is 30.5 Å². The third kappa shape index (κ3) is 3.30. The molecule has 6 nitrogen and oxygen atoms in total. The number of hydrogen-bond acceptors (Lipinski definition) is 4. The first-order valence-corrected chi connectivity index (χ1v) is 5.99. The Morgan fingerprint density at radius 1 is 1.32 bits per heavy atom. The van der Waals surface area contributed by atoms with Gasteiger partial charge in [0.1, 0.15) is 6.10 Å². The van der Waals surface area contributed by atoms with Crippen LogP contribution >= 0.6 is 0 Å². The van der Waals surface area contributed by atoms with E-state index in [9.17, 15) is 9.59 Å². The molecule has 2 atom stereocenters. The maximum atomic E-state index is 11.9. The molecule has 0 unspecified atom stereocenters. The van der Waals surface area contributed by atoms with Crippen LogP contribution in [0.2, 0.25) is 0 Å². The number of carbonyl (C=O) groups is 2. The molecule has 1 aromatic carbocycles. The van der Waals surface area contributed by atoms with Crippen LogP contribution in [0.3, 0.4) is 0 Å². The van der Waals surface area contributed by atoms with Crippen molar-refractivity contribution >= 4 is 17.6 Å². The number of carboxylic acid groups (broad SMARTS) is 1. The maximum absolute atomic E-state index is 11.9. The molecule has 102 valence electrons. The number of aliphatic carboxylic acids is 1. The number of carboxylic acids is 1. The van der Waals surface area contributed by atoms with Gasteiger partial charge < -0.3 is 20.3 Å². The molecule has 0 bridgehead atoms. The zero-order valence-corrected chi connectivity index (χ0v) is 10.2. The standard InChI is InChI=1S/C13H15NO5/c15-7-8-2-1-3-9(6-8)14-12(16)10-4-5-11(19-10)13(17)18/h1-3,6,10-11,15H,4-5,7H2,(H,14,16)(H,17,18)/t10-,11+/m0/s1. The van der Waals surface area contributed by atoms with Crippen LogP contribution in [0.1, 0.15) is 18.4 Å². The van der Waals surface area contributed by atoms with E-state index < -0.39 is 18.2 Å². The van der Waals surface area contributed by atoms with Gasteiger partial charge in [0.05, 0.1) is 6.61 Å². The minimum absolute atomic E-state index is 0.106. The van der Waals surface area contributed by atoms with Gasteiger partial charge in [-0.15, -0.1) is 0 Å². The second-order valence-corrected chi connectivity index (χ2v) is 4.38. The molecule has 3 N–H and O–H groups in total. The van der Waals surface area contributed by atoms with Gasteiger partial charge in [0.25, 0.3) is 5.91 Å². The molecule has 1 fully saturated rings. The molecular formula is C13H15NO5. The molecule has 1 saturated heterocycles. The van der Waals surface area contributed by atoms with Crippen LogP contribution < -0.4 is 5.32 Å². The van der Waals surface area contributed by atoms with E-state index in [1.807, 2.05) is 0 Å². The smallest absolute Gasteiger partial charge is 0.332 e. The molecule has 0 aromatic heterocycles. The third-order valence-electron chi connectivity index (χ3n) is 2.96. The van der Waals surface area contributed by atoms with E-state index in [-0.39, 0.29) is 12.5 Å². The monoisotopic (exact) mass is 265 g/mol. The lowest BCUT2D eigenvalue weighted by atomic mass is 10.1. The van der Waals surface area contributed by atoms with Crippen molar-refractivity contribution in [2.24, 2.45) is 0 Å². The van der Waals surface area contributed by atoms with Gasteiger partial charge in [-0.2, -0.15) is 0 Å². The highest BCUT2D eigenvalue weighted by Crippen LogP contribution is 2.21. The highest BCUT2D eigenvalue weighted by Gasteiger charge is 2.34. The van der Waals surface area contributed by atoms with Gasteiger partial charge in [0, 0.05) is 5.69 Å². The Kier molecular flexibility index (Phi) is 4.13. The SMILES string of the molecule is O=C(Nc1cccc(CO)c1)[C@@H]1CC[C@H](C(=O)O)O1. The first-order chi connectivity index (χ1) is 9.10. The highest BCUT2D eigenvalue weighted by atomic mass is 16.5. The Balaban J connectivity index is 1.96. The van der Waals surface area contributed by atoms with Gasteiger partial charge in [-0.25, -0.2) is 4.79 Å². The Hall–Kier alpha value is -1.92. The van der Waals surface area contributed by atoms with E-state index in [0.29, 0.717) is 24.1 Å². The predicted molar refractivity (Wildman–Crippen MR) is 66.5 cm³/mol. The summed E-state index contributed by atoms with van der Waals surface area (Å²) in [6, 6.07) is 6.81. The van der Waals surface area contributed by atoms with E-state index in [2.05, 4.69) is 5.32 Å². The number of aliphatic hydroxyl groups excluding tert-OH is 1. The van der Waals surface area contributed by atoms with Crippen molar-refractivity contribution in [2.45, 2.75) is 31.7 Å². The first-order valence-electron chi connectivity index (χ1n) is 5.99. The normalized spacial score (nSPS) is 22.2. The summed E-state index contributed by atoms with van der Waals surface area (Å²) in [6.07, 6.45) is -0.912. The molecule has 1 aromatic rings. The lowest BCUT2D eigenvalue weighted by Gasteiger charge is -2.12. The fourth-order valence-electron chi connectivity index (χ4n) is 1.98. The Morgan fingerprint density at radius 2 is 2.05 bits per heavy atom. The predicted octanol–water partition coefficient (Wildman–Crippen LogP) is 0.750. The van der Waals surface area contributed by atoms with Gasteiger partial charge in [-0.3, -0.25) is 4.79 Å². The van der Waals surface area contributed by atoms with Gasteiger partial charge in [0.2, 0.25) is 0 Å². The van der Waals surface area contributed by atoms with Crippen LogP contribution in [0.4, 0.5) is 5.69 Å². The van der Waals surface area contributed by atoms with E-state index in [1.165, 1.54) is 0 Å². The van der Waals surface area contributed by atoms with E-state index in [0.717, 1.165) is 0 Å². The minimum Gasteiger partial charge on any atom is -0.479 e. The van der Waals surface area contributed by atoms with E-state index >= 15 is 0 Å². The fraction of sp³-hybridized carbons (Fsp3) is 0.385. The second-order valence-electron chi connectivity index (χ2n) is 4.38. The van der Waals surface area contributed by atoms with Crippen molar-refractivity contribution in [1.29, 1.82) is 0 Å². The summed E-state index contributed by atoms with van der Waals surface area (Å²) in [7, 11) is 0. The van der Waals surface area contributed by atoms with Crippen LogP contribution in [-0.4, -0.2) is 34.3 Å². The molecule has 6 heteroatoms. The summed E-state index contributed by atoms with van der Waals surface area (Å²) >= 11 is 0. The average Bonchev–Trinajstić information content (AvgIpc) is 2.89. The molecule has 2 rings (SSSR count). The number of rotatable bonds is 4. The summed E-state index contributed by atoms with van der Waals surface area (Å²) in [4.78, 5) is 22.6. The zero-order chi connectivity index (χ0) is 13.8. The van der Waals surface area contributed by atoms with Gasteiger partial charge in [-0.1, -0.05) is 12.1 Å². The molecule has 0 radical (unpaired) electrons. The number of ether oxygens (including phenoxy) is 1. The van der Waals surface area contributed by atoms with Crippen LogP contribution in [0.5, 0.6) is 0 Å². The number of nitrogens with one attached hydrogen (secondary N) is 1. The van der Waals surface area contributed by atoms with Crippen molar-refractivity contribution < 1.29 is 24.5 Å². The number of amides is 1. The lowest BCUT2D eigenvalue weighted by molar-refractivity contribution is -0.150. The Morgan fingerprint density at radius 3 is 2.68 bits per heavy atom. The number of carbonyl (C=O) groups excluding carboxylic acids is 1. The van der Waals surface area contributed by atoms with Gasteiger partial charge >= 0.3 is 5.97 Å². The first kappa shape index (κ1) is 13.5. The maximum Gasteiger partial charge on any atom is 0.332 e. The fourth-order valence-corrected chi connectivity index (χ4v) is 1.98. The zero-order valence-electron chi connectivity index (χ0n) is 10.2. The van der Waals surface area contributed by atoms with Crippen LogP contribution in [0.25, 0.3) is 0 Å². The van der Waals surface area contributed by atoms with Crippen molar-refractivity contribution in [2.75, 3.05) is 5.32 Å². The average molecular weight is 265 g/mol. The number of hydrogen-bond donors (Lipinski definition) is 3. The van der Waals surface area contributed by atoms with Crippen LogP contribution in [0.15, 0.2) is 24.3 Å². The number of anilines is 1. The topological polar surface area (TPSA) is 95.9 Å². The van der Waals surface area contributed by atoms with Crippen molar-refractivity contribution in [3.63, 3.8) is 0 Å². The molecule has 1 aliphatic rings. The van der Waals surface area contributed by atoms with Crippen molar-refractivity contribution in [1.82, 2.24) is 0 Å². The molecule has 1 heterocycles. The van der Waals surface area contributed by atoms with E-state index in [4.69, 9.17) is 14.9 Å².